The zero-order valence-electron chi connectivity index (χ0n) is 14.4. The monoisotopic (exact) mass is 410 g/mol. The second-order valence-corrected chi connectivity index (χ2v) is 7.20. The van der Waals surface area contributed by atoms with E-state index < -0.39 is 5.97 Å². The maximum absolute atomic E-state index is 12.3. The van der Waals surface area contributed by atoms with E-state index in [2.05, 4.69) is 15.1 Å². The predicted octanol–water partition coefficient (Wildman–Crippen LogP) is 4.06. The molecule has 1 aromatic carbocycles. The van der Waals surface area contributed by atoms with E-state index in [-0.39, 0.29) is 13.0 Å². The molecule has 3 rings (SSSR count). The number of ether oxygens (including phenoxy) is 1. The Morgan fingerprint density at radius 3 is 2.54 bits per heavy atom. The number of rotatable bonds is 5. The van der Waals surface area contributed by atoms with Crippen LogP contribution >= 0.6 is 35.0 Å². The third-order valence-corrected chi connectivity index (χ3v) is 5.22. The van der Waals surface area contributed by atoms with Gasteiger partial charge in [0.2, 0.25) is 5.16 Å². The van der Waals surface area contributed by atoms with Crippen LogP contribution in [0.5, 0.6) is 0 Å². The number of halogens is 2. The molecule has 3 aromatic rings. The van der Waals surface area contributed by atoms with E-state index in [0.717, 1.165) is 17.0 Å². The first-order valence-electron chi connectivity index (χ1n) is 7.76. The fourth-order valence-corrected chi connectivity index (χ4v) is 3.39. The van der Waals surface area contributed by atoms with Gasteiger partial charge in [-0.15, -0.1) is 5.10 Å². The Morgan fingerprint density at radius 2 is 1.88 bits per heavy atom. The highest BCUT2D eigenvalue weighted by Crippen LogP contribution is 2.25. The molecule has 136 valence electrons. The van der Waals surface area contributed by atoms with Crippen molar-refractivity contribution in [1.29, 1.82) is 0 Å². The van der Waals surface area contributed by atoms with Crippen LogP contribution < -0.4 is 0 Å². The third kappa shape index (κ3) is 3.79. The molecule has 26 heavy (non-hydrogen) atoms. The Labute approximate surface area is 164 Å². The molecule has 0 spiro atoms. The van der Waals surface area contributed by atoms with Crippen molar-refractivity contribution in [2.24, 2.45) is 0 Å². The summed E-state index contributed by atoms with van der Waals surface area (Å²) >= 11 is 13.6. The number of hydrogen-bond donors (Lipinski definition) is 0. The van der Waals surface area contributed by atoms with Gasteiger partial charge < -0.3 is 4.74 Å². The number of carbonyl (C=O) groups is 1. The number of thioether (sulfide) groups is 1. The smallest absolute Gasteiger partial charge is 0.310 e. The number of benzene rings is 1. The van der Waals surface area contributed by atoms with Crippen molar-refractivity contribution in [1.82, 2.24) is 19.6 Å². The molecule has 2 aromatic heterocycles. The van der Waals surface area contributed by atoms with Crippen molar-refractivity contribution in [2.75, 3.05) is 6.26 Å². The number of nitrogens with zero attached hydrogens (tertiary/aromatic N) is 4. The summed E-state index contributed by atoms with van der Waals surface area (Å²) in [6, 6.07) is 5.15. The second-order valence-electron chi connectivity index (χ2n) is 5.61. The molecule has 6 nitrogen and oxygen atoms in total. The van der Waals surface area contributed by atoms with Crippen LogP contribution in [0.3, 0.4) is 0 Å². The fourth-order valence-electron chi connectivity index (χ4n) is 2.55. The van der Waals surface area contributed by atoms with Crippen molar-refractivity contribution in [3.05, 3.63) is 50.8 Å². The molecule has 9 heteroatoms. The second kappa shape index (κ2) is 7.82. The molecule has 0 atom stereocenters. The van der Waals surface area contributed by atoms with Crippen LogP contribution in [-0.2, 0) is 22.6 Å². The van der Waals surface area contributed by atoms with Crippen LogP contribution in [0.2, 0.25) is 10.0 Å². The largest absolute Gasteiger partial charge is 0.460 e. The molecular weight excluding hydrogens is 395 g/mol. The highest BCUT2D eigenvalue weighted by Gasteiger charge is 2.17. The molecular formula is C17H16Cl2N4O2S. The minimum Gasteiger partial charge on any atom is -0.460 e. The summed E-state index contributed by atoms with van der Waals surface area (Å²) in [5, 5.41) is 5.94. The minimum atomic E-state index is -0.390. The molecule has 0 saturated heterocycles. The number of hydrogen-bond acceptors (Lipinski definition) is 6. The molecule has 0 aliphatic heterocycles. The van der Waals surface area contributed by atoms with Crippen LogP contribution in [0.1, 0.15) is 22.5 Å². The van der Waals surface area contributed by atoms with Gasteiger partial charge in [-0.25, -0.2) is 9.50 Å². The first-order valence-corrected chi connectivity index (χ1v) is 9.74. The third-order valence-electron chi connectivity index (χ3n) is 3.97. The zero-order chi connectivity index (χ0) is 18.8. The van der Waals surface area contributed by atoms with Crippen molar-refractivity contribution in [2.45, 2.75) is 32.0 Å². The highest BCUT2D eigenvalue weighted by atomic mass is 35.5. The van der Waals surface area contributed by atoms with Crippen LogP contribution in [-0.4, -0.2) is 31.8 Å². The quantitative estimate of drug-likeness (QED) is 0.466. The Hall–Kier alpha value is -1.83. The number of aromatic nitrogens is 4. The fraction of sp³-hybridized carbons (Fsp3) is 0.294. The standard InChI is InChI=1S/C17H16Cl2N4O2S/c1-9-11(10(2)23-16(20-9)21-17(22-23)26-3)7-15(24)25-8-12-13(18)5-4-6-14(12)19/h4-6H,7-8H2,1-3H3. The average molecular weight is 411 g/mol. The lowest BCUT2D eigenvalue weighted by molar-refractivity contribution is -0.144. The maximum Gasteiger partial charge on any atom is 0.310 e. The molecule has 0 radical (unpaired) electrons. The summed E-state index contributed by atoms with van der Waals surface area (Å²) in [7, 11) is 0. The topological polar surface area (TPSA) is 69.4 Å². The summed E-state index contributed by atoms with van der Waals surface area (Å²) in [5.74, 6) is 0.128. The summed E-state index contributed by atoms with van der Waals surface area (Å²) in [6.45, 7) is 3.74. The van der Waals surface area contributed by atoms with E-state index in [1.54, 1.807) is 22.7 Å². The van der Waals surface area contributed by atoms with Crippen molar-refractivity contribution >= 4 is 46.7 Å². The van der Waals surface area contributed by atoms with Gasteiger partial charge in [-0.1, -0.05) is 41.0 Å². The van der Waals surface area contributed by atoms with E-state index in [4.69, 9.17) is 27.9 Å². The lowest BCUT2D eigenvalue weighted by Gasteiger charge is -2.11. The highest BCUT2D eigenvalue weighted by molar-refractivity contribution is 7.98. The van der Waals surface area contributed by atoms with Crippen molar-refractivity contribution in [3.63, 3.8) is 0 Å². The van der Waals surface area contributed by atoms with Gasteiger partial charge in [-0.2, -0.15) is 4.98 Å². The van der Waals surface area contributed by atoms with Gasteiger partial charge in [0.15, 0.2) is 0 Å². The van der Waals surface area contributed by atoms with Crippen LogP contribution in [0.4, 0.5) is 0 Å². The Bertz CT molecular complexity index is 970. The zero-order valence-corrected chi connectivity index (χ0v) is 16.7. The first-order chi connectivity index (χ1) is 12.4. The minimum absolute atomic E-state index is 0.0189. The normalized spacial score (nSPS) is 11.1. The molecule has 0 fully saturated rings. The van der Waals surface area contributed by atoms with E-state index >= 15 is 0 Å². The summed E-state index contributed by atoms with van der Waals surface area (Å²) < 4.78 is 7.00. The maximum atomic E-state index is 12.3. The Morgan fingerprint density at radius 1 is 1.19 bits per heavy atom. The van der Waals surface area contributed by atoms with Crippen LogP contribution in [0, 0.1) is 13.8 Å². The molecule has 0 unspecified atom stereocenters. The van der Waals surface area contributed by atoms with Gasteiger partial charge in [0.05, 0.1) is 6.42 Å². The summed E-state index contributed by atoms with van der Waals surface area (Å²) in [5.41, 5.74) is 2.90. The predicted molar refractivity (Wildman–Crippen MR) is 102 cm³/mol. The van der Waals surface area contributed by atoms with Gasteiger partial charge in [-0.05, 0) is 32.2 Å². The van der Waals surface area contributed by atoms with E-state index in [1.807, 2.05) is 20.1 Å². The number of fused-ring (bicyclic) bond motifs is 1. The van der Waals surface area contributed by atoms with Crippen LogP contribution in [0.15, 0.2) is 23.4 Å². The van der Waals surface area contributed by atoms with E-state index in [1.165, 1.54) is 11.8 Å². The summed E-state index contributed by atoms with van der Waals surface area (Å²) in [4.78, 5) is 21.1. The Balaban J connectivity index is 1.79. The van der Waals surface area contributed by atoms with Crippen molar-refractivity contribution in [3.8, 4) is 0 Å². The lowest BCUT2D eigenvalue weighted by atomic mass is 10.1. The lowest BCUT2D eigenvalue weighted by Crippen LogP contribution is -2.13. The molecule has 0 N–H and O–H groups in total. The Kier molecular flexibility index (Phi) is 5.70. The van der Waals surface area contributed by atoms with Gasteiger partial charge in [0, 0.05) is 32.6 Å². The molecule has 2 heterocycles. The first kappa shape index (κ1) is 18.9. The van der Waals surface area contributed by atoms with E-state index in [9.17, 15) is 4.79 Å². The number of aryl methyl sites for hydroxylation is 2. The average Bonchev–Trinajstić information content (AvgIpc) is 3.01. The van der Waals surface area contributed by atoms with Gasteiger partial charge >= 0.3 is 5.97 Å². The van der Waals surface area contributed by atoms with Gasteiger partial charge in [0.1, 0.15) is 6.61 Å². The molecule has 0 saturated carbocycles. The molecule has 0 aliphatic carbocycles. The summed E-state index contributed by atoms with van der Waals surface area (Å²) in [6.07, 6.45) is 1.98. The van der Waals surface area contributed by atoms with Crippen LogP contribution in [0.25, 0.3) is 5.78 Å². The molecule has 0 aliphatic rings. The number of esters is 1. The molecule has 0 amide bonds. The number of carbonyl (C=O) groups excluding carboxylic acids is 1. The molecule has 0 bridgehead atoms. The van der Waals surface area contributed by atoms with E-state index in [0.29, 0.717) is 26.5 Å². The SMILES string of the molecule is CSc1nc2nc(C)c(CC(=O)OCc3c(Cl)cccc3Cl)c(C)n2n1. The van der Waals surface area contributed by atoms with Crippen molar-refractivity contribution < 1.29 is 9.53 Å². The van der Waals surface area contributed by atoms with Gasteiger partial charge in [0.25, 0.3) is 5.78 Å². The van der Waals surface area contributed by atoms with Gasteiger partial charge in [-0.3, -0.25) is 4.79 Å².